The minimum atomic E-state index is -3.48. The zero-order valence-corrected chi connectivity index (χ0v) is 15.3. The minimum absolute atomic E-state index is 0.202. The molecule has 0 rings (SSSR count). The molecule has 0 unspecified atom stereocenters. The minimum Gasteiger partial charge on any atom is -0.197 e. The molecule has 18 heavy (non-hydrogen) atoms. The summed E-state index contributed by atoms with van der Waals surface area (Å²) in [6.07, 6.45) is 1.16. The number of hydrogen-bond acceptors (Lipinski definition) is 3. The second-order valence-corrected chi connectivity index (χ2v) is 15.1. The zero-order chi connectivity index (χ0) is 15.2. The Bertz CT molecular complexity index is 355. The van der Waals surface area contributed by atoms with E-state index in [-0.39, 0.29) is 15.5 Å². The largest absolute Gasteiger partial charge is 0.296 e. The normalized spacial score (nSPS) is 15.9. The van der Waals surface area contributed by atoms with E-state index in [1.807, 2.05) is 0 Å². The molecule has 0 aromatic rings. The highest BCUT2D eigenvalue weighted by Crippen LogP contribution is 2.84. The van der Waals surface area contributed by atoms with Crippen LogP contribution < -0.4 is 0 Å². The lowest BCUT2D eigenvalue weighted by Gasteiger charge is -2.50. The van der Waals surface area contributed by atoms with E-state index in [2.05, 4.69) is 62.3 Å². The summed E-state index contributed by atoms with van der Waals surface area (Å²) in [4.78, 5) is 0. The van der Waals surface area contributed by atoms with Crippen molar-refractivity contribution < 1.29 is 12.4 Å². The van der Waals surface area contributed by atoms with Gasteiger partial charge in [0.25, 0.3) is 10.1 Å². The first kappa shape index (κ1) is 18.3. The smallest absolute Gasteiger partial charge is 0.197 e. The quantitative estimate of drug-likeness (QED) is 0.714. The molecule has 0 aromatic heterocycles. The summed E-state index contributed by atoms with van der Waals surface area (Å²) in [5.41, 5.74) is 0. The van der Waals surface area contributed by atoms with Crippen LogP contribution in [0.25, 0.3) is 0 Å². The topological polar surface area (TPSA) is 43.4 Å². The third-order valence-corrected chi connectivity index (χ3v) is 10.7. The van der Waals surface area contributed by atoms with Gasteiger partial charge in [-0.25, -0.2) is 0 Å². The summed E-state index contributed by atoms with van der Waals surface area (Å²) in [7, 11) is -5.74. The lowest BCUT2D eigenvalue weighted by molar-refractivity contribution is 0.447. The van der Waals surface area contributed by atoms with E-state index in [1.165, 1.54) is 0 Å². The maximum absolute atomic E-state index is 11.8. The highest BCUT2D eigenvalue weighted by Gasteiger charge is 2.69. The highest BCUT2D eigenvalue weighted by atomic mass is 32.2. The van der Waals surface area contributed by atoms with Crippen LogP contribution in [0.2, 0.25) is 0 Å². The number of hydrogen-bond donors (Lipinski definition) is 0. The highest BCUT2D eigenvalue weighted by molar-refractivity contribution is 7.94. The van der Waals surface area contributed by atoms with E-state index < -0.39 is 17.6 Å². The van der Waals surface area contributed by atoms with Gasteiger partial charge in [-0.15, -0.1) is 3.97 Å². The first-order valence-corrected chi connectivity index (χ1v) is 9.78. The van der Waals surface area contributed by atoms with Gasteiger partial charge in [0.1, 0.15) is 15.5 Å². The Morgan fingerprint density at radius 3 is 1.00 bits per heavy atom. The monoisotopic (exact) mass is 297 g/mol. The van der Waals surface area contributed by atoms with Crippen molar-refractivity contribution in [2.75, 3.05) is 6.26 Å². The van der Waals surface area contributed by atoms with Gasteiger partial charge in [0, 0.05) is 0 Å². The molecule has 110 valence electrons. The van der Waals surface area contributed by atoms with Gasteiger partial charge in [0.2, 0.25) is 0 Å². The lowest BCUT2D eigenvalue weighted by Crippen LogP contribution is -2.45. The van der Waals surface area contributed by atoms with E-state index in [0.717, 1.165) is 6.26 Å². The summed E-state index contributed by atoms with van der Waals surface area (Å²) in [5.74, 6) is 0. The van der Waals surface area contributed by atoms with Crippen LogP contribution >= 0.6 is 7.49 Å². The fourth-order valence-corrected chi connectivity index (χ4v) is 13.9. The third-order valence-electron chi connectivity index (χ3n) is 3.08. The first-order valence-electron chi connectivity index (χ1n) is 6.26. The molecular formula is C13H30O3PS+. The predicted molar refractivity (Wildman–Crippen MR) is 82.1 cm³/mol. The van der Waals surface area contributed by atoms with Crippen LogP contribution in [0.3, 0.4) is 0 Å². The maximum atomic E-state index is 11.8. The molecule has 0 aliphatic carbocycles. The van der Waals surface area contributed by atoms with Crippen molar-refractivity contribution in [2.45, 2.75) is 77.8 Å². The Labute approximate surface area is 114 Å². The van der Waals surface area contributed by atoms with Gasteiger partial charge in [-0.3, -0.25) is 0 Å². The van der Waals surface area contributed by atoms with Crippen molar-refractivity contribution in [1.29, 1.82) is 0 Å². The van der Waals surface area contributed by atoms with Crippen LogP contribution in [0.4, 0.5) is 0 Å². The SMILES string of the molecule is CC(C)(C)[P+](OS(C)(=O)=O)(C(C)(C)C)C(C)(C)C. The Kier molecular flexibility index (Phi) is 4.80. The molecule has 0 atom stereocenters. The molecule has 0 fully saturated rings. The third kappa shape index (κ3) is 3.46. The van der Waals surface area contributed by atoms with Crippen molar-refractivity contribution >= 4 is 17.6 Å². The van der Waals surface area contributed by atoms with Gasteiger partial charge < -0.3 is 0 Å². The second kappa shape index (κ2) is 4.71. The van der Waals surface area contributed by atoms with Gasteiger partial charge in [-0.05, 0) is 62.3 Å². The van der Waals surface area contributed by atoms with E-state index in [1.54, 1.807) is 0 Å². The molecule has 0 heterocycles. The summed E-state index contributed by atoms with van der Waals surface area (Å²) >= 11 is 0. The van der Waals surface area contributed by atoms with E-state index in [9.17, 15) is 8.42 Å². The van der Waals surface area contributed by atoms with Crippen molar-refractivity contribution in [3.8, 4) is 0 Å². The molecular weight excluding hydrogens is 267 g/mol. The van der Waals surface area contributed by atoms with Crippen LogP contribution in [0.5, 0.6) is 0 Å². The first-order chi connectivity index (χ1) is 7.46. The molecule has 0 amide bonds. The average molecular weight is 297 g/mol. The van der Waals surface area contributed by atoms with Gasteiger partial charge in [-0.2, -0.15) is 8.42 Å². The summed E-state index contributed by atoms with van der Waals surface area (Å²) < 4.78 is 29.4. The summed E-state index contributed by atoms with van der Waals surface area (Å²) in [6.45, 7) is 18.8. The Morgan fingerprint density at radius 1 is 0.722 bits per heavy atom. The van der Waals surface area contributed by atoms with E-state index >= 15 is 0 Å². The summed E-state index contributed by atoms with van der Waals surface area (Å²) in [6, 6.07) is 0. The molecule has 0 spiro atoms. The van der Waals surface area contributed by atoms with E-state index in [0.29, 0.717) is 0 Å². The number of rotatable bonds is 2. The molecule has 0 saturated carbocycles. The predicted octanol–water partition coefficient (Wildman–Crippen LogP) is 4.29. The van der Waals surface area contributed by atoms with Crippen LogP contribution in [0.15, 0.2) is 0 Å². The van der Waals surface area contributed by atoms with Crippen molar-refractivity contribution in [2.24, 2.45) is 0 Å². The van der Waals surface area contributed by atoms with Crippen LogP contribution in [-0.2, 0) is 14.1 Å². The Balaban J connectivity index is 6.27. The van der Waals surface area contributed by atoms with E-state index in [4.69, 9.17) is 3.97 Å². The van der Waals surface area contributed by atoms with Gasteiger partial charge in [0.05, 0.1) is 6.26 Å². The Hall–Kier alpha value is 0.340. The molecule has 3 nitrogen and oxygen atoms in total. The van der Waals surface area contributed by atoms with Crippen molar-refractivity contribution in [1.82, 2.24) is 0 Å². The maximum Gasteiger partial charge on any atom is 0.296 e. The van der Waals surface area contributed by atoms with Gasteiger partial charge in [-0.1, -0.05) is 0 Å². The zero-order valence-electron chi connectivity index (χ0n) is 13.6. The Morgan fingerprint density at radius 2 is 0.944 bits per heavy atom. The van der Waals surface area contributed by atoms with Gasteiger partial charge in [0.15, 0.2) is 7.49 Å². The summed E-state index contributed by atoms with van der Waals surface area (Å²) in [5, 5.41) is -0.605. The van der Waals surface area contributed by atoms with Crippen molar-refractivity contribution in [3.63, 3.8) is 0 Å². The van der Waals surface area contributed by atoms with Crippen molar-refractivity contribution in [3.05, 3.63) is 0 Å². The van der Waals surface area contributed by atoms with Crippen LogP contribution in [0, 0.1) is 0 Å². The molecule has 5 heteroatoms. The molecule has 0 N–H and O–H groups in total. The fraction of sp³-hybridized carbons (Fsp3) is 1.00. The van der Waals surface area contributed by atoms with Crippen LogP contribution in [0.1, 0.15) is 62.3 Å². The molecule has 0 radical (unpaired) electrons. The van der Waals surface area contributed by atoms with Crippen LogP contribution in [-0.4, -0.2) is 30.1 Å². The lowest BCUT2D eigenvalue weighted by atomic mass is 10.2. The average Bonchev–Trinajstić information content (AvgIpc) is 1.90. The molecule has 0 aliphatic rings. The second-order valence-electron chi connectivity index (χ2n) is 7.90. The molecule has 0 aliphatic heterocycles. The fourth-order valence-electron chi connectivity index (χ4n) is 3.56. The standard InChI is InChI=1S/C13H30O3PS/c1-11(2,3)17(12(4,5)6,13(7,8)9)16-18(10,14)15/h1-10H3/q+1. The molecule has 0 saturated heterocycles. The molecule has 0 aromatic carbocycles. The van der Waals surface area contributed by atoms with Gasteiger partial charge >= 0.3 is 0 Å². The molecule has 0 bridgehead atoms.